The summed E-state index contributed by atoms with van der Waals surface area (Å²) in [5, 5.41) is 3.35. The third-order valence-electron chi connectivity index (χ3n) is 2.91. The van der Waals surface area contributed by atoms with E-state index in [2.05, 4.69) is 17.2 Å². The van der Waals surface area contributed by atoms with E-state index in [0.717, 1.165) is 25.3 Å². The van der Waals surface area contributed by atoms with E-state index in [4.69, 9.17) is 9.47 Å². The molecule has 1 aliphatic heterocycles. The Morgan fingerprint density at radius 3 is 2.94 bits per heavy atom. The zero-order valence-electron chi connectivity index (χ0n) is 9.77. The van der Waals surface area contributed by atoms with Gasteiger partial charge in [0.1, 0.15) is 11.9 Å². The predicted octanol–water partition coefficient (Wildman–Crippen LogP) is 1.47. The monoisotopic (exact) mass is 222 g/mol. The number of rotatable bonds is 3. The normalized spacial score (nSPS) is 25.1. The second-order valence-electron chi connectivity index (χ2n) is 4.16. The van der Waals surface area contributed by atoms with E-state index < -0.39 is 0 Å². The molecule has 1 saturated heterocycles. The summed E-state index contributed by atoms with van der Waals surface area (Å²) in [4.78, 5) is 4.12. The number of hydrogen-bond donors (Lipinski definition) is 1. The van der Waals surface area contributed by atoms with Crippen LogP contribution < -0.4 is 14.8 Å². The van der Waals surface area contributed by atoms with Crippen LogP contribution in [0, 0.1) is 5.92 Å². The van der Waals surface area contributed by atoms with Gasteiger partial charge >= 0.3 is 0 Å². The Hall–Kier alpha value is -1.29. The summed E-state index contributed by atoms with van der Waals surface area (Å²) in [6, 6.07) is 3.72. The van der Waals surface area contributed by atoms with E-state index in [9.17, 15) is 0 Å². The van der Waals surface area contributed by atoms with E-state index in [-0.39, 0.29) is 6.10 Å². The molecule has 0 aromatic carbocycles. The van der Waals surface area contributed by atoms with E-state index in [1.807, 2.05) is 12.1 Å². The Balaban J connectivity index is 1.96. The molecule has 0 aliphatic carbocycles. The first kappa shape index (κ1) is 11.2. The SMILES string of the molecule is COc1ccc(O[C@@H]2CCNC[C@H]2C)cn1. The summed E-state index contributed by atoms with van der Waals surface area (Å²) in [6.07, 6.45) is 3.05. The van der Waals surface area contributed by atoms with Gasteiger partial charge in [0, 0.05) is 18.5 Å². The van der Waals surface area contributed by atoms with Gasteiger partial charge in [-0.3, -0.25) is 0 Å². The summed E-state index contributed by atoms with van der Waals surface area (Å²) in [7, 11) is 1.61. The van der Waals surface area contributed by atoms with Crippen LogP contribution in [0.5, 0.6) is 11.6 Å². The largest absolute Gasteiger partial charge is 0.488 e. The van der Waals surface area contributed by atoms with Crippen LogP contribution in [-0.2, 0) is 0 Å². The van der Waals surface area contributed by atoms with Gasteiger partial charge in [-0.2, -0.15) is 0 Å². The van der Waals surface area contributed by atoms with Crippen LogP contribution in [0.3, 0.4) is 0 Å². The molecule has 0 amide bonds. The van der Waals surface area contributed by atoms with Crippen LogP contribution in [0.2, 0.25) is 0 Å². The summed E-state index contributed by atoms with van der Waals surface area (Å²) in [6.45, 7) is 4.25. The minimum atomic E-state index is 0.288. The number of nitrogens with zero attached hydrogens (tertiary/aromatic N) is 1. The van der Waals surface area contributed by atoms with E-state index in [0.29, 0.717) is 11.8 Å². The zero-order chi connectivity index (χ0) is 11.4. The van der Waals surface area contributed by atoms with Crippen molar-refractivity contribution in [2.45, 2.75) is 19.4 Å². The molecule has 0 unspecified atom stereocenters. The number of hydrogen-bond acceptors (Lipinski definition) is 4. The van der Waals surface area contributed by atoms with Crippen LogP contribution in [0.15, 0.2) is 18.3 Å². The van der Waals surface area contributed by atoms with E-state index >= 15 is 0 Å². The fourth-order valence-electron chi connectivity index (χ4n) is 1.90. The van der Waals surface area contributed by atoms with Crippen molar-refractivity contribution in [1.29, 1.82) is 0 Å². The van der Waals surface area contributed by atoms with Crippen molar-refractivity contribution in [1.82, 2.24) is 10.3 Å². The van der Waals surface area contributed by atoms with E-state index in [1.54, 1.807) is 13.3 Å². The molecule has 0 spiro atoms. The number of piperidine rings is 1. The molecule has 0 radical (unpaired) electrons. The molecule has 88 valence electrons. The Morgan fingerprint density at radius 2 is 2.31 bits per heavy atom. The van der Waals surface area contributed by atoms with Crippen molar-refractivity contribution in [2.75, 3.05) is 20.2 Å². The predicted molar refractivity (Wildman–Crippen MR) is 61.9 cm³/mol. The zero-order valence-corrected chi connectivity index (χ0v) is 9.77. The van der Waals surface area contributed by atoms with Gasteiger partial charge in [0.25, 0.3) is 0 Å². The average Bonchev–Trinajstić information content (AvgIpc) is 2.33. The van der Waals surface area contributed by atoms with Crippen LogP contribution >= 0.6 is 0 Å². The number of ether oxygens (including phenoxy) is 2. The Bertz CT molecular complexity index is 326. The summed E-state index contributed by atoms with van der Waals surface area (Å²) in [5.74, 6) is 1.97. The van der Waals surface area contributed by atoms with Gasteiger partial charge in [-0.1, -0.05) is 6.92 Å². The van der Waals surface area contributed by atoms with Gasteiger partial charge in [0.15, 0.2) is 0 Å². The smallest absolute Gasteiger partial charge is 0.213 e. The molecule has 16 heavy (non-hydrogen) atoms. The molecule has 1 aromatic rings. The Labute approximate surface area is 96.0 Å². The second-order valence-corrected chi connectivity index (χ2v) is 4.16. The molecule has 2 heterocycles. The molecular formula is C12H18N2O2. The van der Waals surface area contributed by atoms with Crippen LogP contribution in [0.4, 0.5) is 0 Å². The standard InChI is InChI=1S/C12H18N2O2/c1-9-7-13-6-5-11(9)16-10-3-4-12(15-2)14-8-10/h3-4,8-9,11,13H,5-7H2,1-2H3/t9-,11-/m1/s1. The highest BCUT2D eigenvalue weighted by Gasteiger charge is 2.22. The van der Waals surface area contributed by atoms with Crippen molar-refractivity contribution in [3.8, 4) is 11.6 Å². The Kier molecular flexibility index (Phi) is 3.62. The second kappa shape index (κ2) is 5.16. The van der Waals surface area contributed by atoms with Crippen molar-refractivity contribution < 1.29 is 9.47 Å². The van der Waals surface area contributed by atoms with Gasteiger partial charge < -0.3 is 14.8 Å². The van der Waals surface area contributed by atoms with Gasteiger partial charge in [-0.05, 0) is 19.0 Å². The van der Waals surface area contributed by atoms with Gasteiger partial charge in [-0.25, -0.2) is 4.98 Å². The first-order valence-electron chi connectivity index (χ1n) is 5.67. The lowest BCUT2D eigenvalue weighted by Gasteiger charge is -2.29. The molecule has 1 N–H and O–H groups in total. The van der Waals surface area contributed by atoms with Crippen LogP contribution in [-0.4, -0.2) is 31.3 Å². The lowest BCUT2D eigenvalue weighted by Crippen LogP contribution is -2.41. The van der Waals surface area contributed by atoms with E-state index in [1.165, 1.54) is 0 Å². The number of aromatic nitrogens is 1. The topological polar surface area (TPSA) is 43.4 Å². The molecule has 2 rings (SSSR count). The maximum absolute atomic E-state index is 5.91. The number of methoxy groups -OCH3 is 1. The molecule has 4 nitrogen and oxygen atoms in total. The molecule has 4 heteroatoms. The lowest BCUT2D eigenvalue weighted by atomic mass is 9.98. The molecule has 2 atom stereocenters. The number of pyridine rings is 1. The lowest BCUT2D eigenvalue weighted by molar-refractivity contribution is 0.111. The van der Waals surface area contributed by atoms with Gasteiger partial charge in [-0.15, -0.1) is 0 Å². The van der Waals surface area contributed by atoms with Crippen LogP contribution in [0.1, 0.15) is 13.3 Å². The summed E-state index contributed by atoms with van der Waals surface area (Å²) in [5.41, 5.74) is 0. The molecular weight excluding hydrogens is 204 g/mol. The first-order valence-corrected chi connectivity index (χ1v) is 5.67. The minimum Gasteiger partial charge on any atom is -0.488 e. The molecule has 0 saturated carbocycles. The highest BCUT2D eigenvalue weighted by Crippen LogP contribution is 2.20. The van der Waals surface area contributed by atoms with Gasteiger partial charge in [0.2, 0.25) is 5.88 Å². The molecule has 1 fully saturated rings. The fraction of sp³-hybridized carbons (Fsp3) is 0.583. The molecule has 1 aliphatic rings. The van der Waals surface area contributed by atoms with Crippen molar-refractivity contribution >= 4 is 0 Å². The minimum absolute atomic E-state index is 0.288. The third-order valence-corrected chi connectivity index (χ3v) is 2.91. The maximum atomic E-state index is 5.91. The summed E-state index contributed by atoms with van der Waals surface area (Å²) < 4.78 is 10.9. The first-order chi connectivity index (χ1) is 7.79. The van der Waals surface area contributed by atoms with Crippen molar-refractivity contribution in [3.63, 3.8) is 0 Å². The fourth-order valence-corrected chi connectivity index (χ4v) is 1.90. The highest BCUT2D eigenvalue weighted by molar-refractivity contribution is 5.23. The average molecular weight is 222 g/mol. The van der Waals surface area contributed by atoms with Crippen LogP contribution in [0.25, 0.3) is 0 Å². The molecule has 0 bridgehead atoms. The van der Waals surface area contributed by atoms with Gasteiger partial charge in [0.05, 0.1) is 13.3 Å². The quantitative estimate of drug-likeness (QED) is 0.841. The Morgan fingerprint density at radius 1 is 1.44 bits per heavy atom. The summed E-state index contributed by atoms with van der Waals surface area (Å²) >= 11 is 0. The third kappa shape index (κ3) is 2.64. The van der Waals surface area contributed by atoms with Crippen molar-refractivity contribution in [2.24, 2.45) is 5.92 Å². The highest BCUT2D eigenvalue weighted by atomic mass is 16.5. The van der Waals surface area contributed by atoms with Crippen molar-refractivity contribution in [3.05, 3.63) is 18.3 Å². The number of nitrogens with one attached hydrogen (secondary N) is 1. The molecule has 1 aromatic heterocycles. The maximum Gasteiger partial charge on any atom is 0.213 e.